The van der Waals surface area contributed by atoms with Crippen molar-refractivity contribution in [2.45, 2.75) is 6.54 Å². The average Bonchev–Trinajstić information content (AvgIpc) is 2.33. The number of hydrogen-bond acceptors (Lipinski definition) is 4. The minimum absolute atomic E-state index is 0.357. The molecule has 0 radical (unpaired) electrons. The highest BCUT2D eigenvalue weighted by Crippen LogP contribution is 2.14. The minimum atomic E-state index is -0.357. The molecule has 82 valence electrons. The summed E-state index contributed by atoms with van der Waals surface area (Å²) in [7, 11) is 0. The highest BCUT2D eigenvalue weighted by atomic mass is 16.1. The van der Waals surface area contributed by atoms with Crippen LogP contribution in [0.25, 0.3) is 0 Å². The summed E-state index contributed by atoms with van der Waals surface area (Å²) in [6, 6.07) is 7.74. The SMILES string of the molecule is NCc1ccc(Nc2cnc(=O)[nH]c2)cc1. The second-order valence-corrected chi connectivity index (χ2v) is 3.33. The molecule has 0 saturated heterocycles. The number of rotatable bonds is 3. The molecule has 2 aromatic rings. The van der Waals surface area contributed by atoms with Crippen molar-refractivity contribution >= 4 is 11.4 Å². The molecular formula is C11H12N4O. The van der Waals surface area contributed by atoms with E-state index in [2.05, 4.69) is 15.3 Å². The van der Waals surface area contributed by atoms with Crippen LogP contribution in [0.5, 0.6) is 0 Å². The summed E-state index contributed by atoms with van der Waals surface area (Å²) in [5.41, 5.74) is 7.87. The molecule has 0 bridgehead atoms. The zero-order valence-corrected chi connectivity index (χ0v) is 8.60. The quantitative estimate of drug-likeness (QED) is 0.713. The predicted octanol–water partition coefficient (Wildman–Crippen LogP) is 0.972. The van der Waals surface area contributed by atoms with Crippen LogP contribution in [-0.4, -0.2) is 9.97 Å². The summed E-state index contributed by atoms with van der Waals surface area (Å²) in [6.45, 7) is 0.528. The lowest BCUT2D eigenvalue weighted by molar-refractivity contribution is 1.07. The van der Waals surface area contributed by atoms with Gasteiger partial charge in [-0.25, -0.2) is 4.79 Å². The molecule has 2 rings (SSSR count). The lowest BCUT2D eigenvalue weighted by Gasteiger charge is -2.05. The average molecular weight is 216 g/mol. The van der Waals surface area contributed by atoms with E-state index < -0.39 is 0 Å². The molecule has 0 atom stereocenters. The number of benzene rings is 1. The maximum Gasteiger partial charge on any atom is 0.345 e. The van der Waals surface area contributed by atoms with Crippen molar-refractivity contribution in [3.8, 4) is 0 Å². The lowest BCUT2D eigenvalue weighted by atomic mass is 10.2. The summed E-state index contributed by atoms with van der Waals surface area (Å²) in [5.74, 6) is 0. The fourth-order valence-electron chi connectivity index (χ4n) is 1.30. The topological polar surface area (TPSA) is 83.8 Å². The van der Waals surface area contributed by atoms with Gasteiger partial charge in [0.25, 0.3) is 0 Å². The van der Waals surface area contributed by atoms with Gasteiger partial charge in [-0.3, -0.25) is 0 Å². The number of H-pyrrole nitrogens is 1. The van der Waals surface area contributed by atoms with Crippen molar-refractivity contribution in [1.29, 1.82) is 0 Å². The van der Waals surface area contributed by atoms with Crippen molar-refractivity contribution < 1.29 is 0 Å². The van der Waals surface area contributed by atoms with Crippen molar-refractivity contribution in [2.75, 3.05) is 5.32 Å². The molecule has 0 spiro atoms. The van der Waals surface area contributed by atoms with E-state index >= 15 is 0 Å². The van der Waals surface area contributed by atoms with Crippen molar-refractivity contribution in [3.05, 3.63) is 52.7 Å². The van der Waals surface area contributed by atoms with Crippen molar-refractivity contribution in [1.82, 2.24) is 9.97 Å². The van der Waals surface area contributed by atoms with Gasteiger partial charge < -0.3 is 16.0 Å². The highest BCUT2D eigenvalue weighted by Gasteiger charge is 1.95. The molecule has 0 fully saturated rings. The largest absolute Gasteiger partial charge is 0.353 e. The molecule has 4 N–H and O–H groups in total. The van der Waals surface area contributed by atoms with Gasteiger partial charge in [-0.2, -0.15) is 4.98 Å². The number of hydrogen-bond donors (Lipinski definition) is 3. The van der Waals surface area contributed by atoms with Gasteiger partial charge in [0.1, 0.15) is 0 Å². The molecule has 5 nitrogen and oxygen atoms in total. The molecule has 0 aliphatic heterocycles. The van der Waals surface area contributed by atoms with Gasteiger partial charge in [0.2, 0.25) is 0 Å². The third kappa shape index (κ3) is 2.46. The van der Waals surface area contributed by atoms with Gasteiger partial charge in [0.15, 0.2) is 0 Å². The van der Waals surface area contributed by atoms with E-state index in [0.29, 0.717) is 6.54 Å². The van der Waals surface area contributed by atoms with E-state index in [-0.39, 0.29) is 5.69 Å². The maximum absolute atomic E-state index is 10.7. The Hall–Kier alpha value is -2.14. The van der Waals surface area contributed by atoms with Crippen LogP contribution >= 0.6 is 0 Å². The molecule has 0 amide bonds. The van der Waals surface area contributed by atoms with E-state index in [1.807, 2.05) is 24.3 Å². The predicted molar refractivity (Wildman–Crippen MR) is 62.5 cm³/mol. The number of aromatic amines is 1. The Morgan fingerprint density at radius 1 is 1.25 bits per heavy atom. The van der Waals surface area contributed by atoms with E-state index in [1.54, 1.807) is 6.20 Å². The molecular weight excluding hydrogens is 204 g/mol. The second-order valence-electron chi connectivity index (χ2n) is 3.33. The van der Waals surface area contributed by atoms with Gasteiger partial charge in [-0.1, -0.05) is 12.1 Å². The first-order chi connectivity index (χ1) is 7.78. The Kier molecular flexibility index (Phi) is 2.98. The van der Waals surface area contributed by atoms with Crippen LogP contribution in [0.15, 0.2) is 41.5 Å². The number of aromatic nitrogens is 2. The van der Waals surface area contributed by atoms with Gasteiger partial charge in [-0.05, 0) is 17.7 Å². The second kappa shape index (κ2) is 4.59. The first-order valence-corrected chi connectivity index (χ1v) is 4.89. The molecule has 1 aromatic heterocycles. The van der Waals surface area contributed by atoms with Crippen LogP contribution in [0.4, 0.5) is 11.4 Å². The van der Waals surface area contributed by atoms with Crippen molar-refractivity contribution in [3.63, 3.8) is 0 Å². The van der Waals surface area contributed by atoms with E-state index in [1.165, 1.54) is 6.20 Å². The molecule has 5 heteroatoms. The summed E-state index contributed by atoms with van der Waals surface area (Å²) in [5, 5.41) is 3.11. The van der Waals surface area contributed by atoms with Gasteiger partial charge in [0, 0.05) is 18.4 Å². The van der Waals surface area contributed by atoms with Crippen LogP contribution < -0.4 is 16.7 Å². The molecule has 0 unspecified atom stereocenters. The van der Waals surface area contributed by atoms with Crippen LogP contribution in [0, 0.1) is 0 Å². The molecule has 0 aliphatic carbocycles. The Balaban J connectivity index is 2.14. The van der Waals surface area contributed by atoms with E-state index in [0.717, 1.165) is 16.9 Å². The third-order valence-corrected chi connectivity index (χ3v) is 2.15. The molecule has 1 heterocycles. The van der Waals surface area contributed by atoms with Crippen LogP contribution in [-0.2, 0) is 6.54 Å². The van der Waals surface area contributed by atoms with Crippen molar-refractivity contribution in [2.24, 2.45) is 5.73 Å². The van der Waals surface area contributed by atoms with Crippen LogP contribution in [0.2, 0.25) is 0 Å². The number of anilines is 2. The Morgan fingerprint density at radius 2 is 2.00 bits per heavy atom. The highest BCUT2D eigenvalue weighted by molar-refractivity contribution is 5.57. The number of nitrogens with one attached hydrogen (secondary N) is 2. The van der Waals surface area contributed by atoms with Crippen LogP contribution in [0.3, 0.4) is 0 Å². The molecule has 0 saturated carbocycles. The number of nitrogens with two attached hydrogens (primary N) is 1. The Morgan fingerprint density at radius 3 is 2.56 bits per heavy atom. The molecule has 16 heavy (non-hydrogen) atoms. The third-order valence-electron chi connectivity index (χ3n) is 2.15. The first kappa shape index (κ1) is 10.4. The monoisotopic (exact) mass is 216 g/mol. The van der Waals surface area contributed by atoms with E-state index in [4.69, 9.17) is 5.73 Å². The van der Waals surface area contributed by atoms with Crippen LogP contribution in [0.1, 0.15) is 5.56 Å². The normalized spacial score (nSPS) is 10.1. The van der Waals surface area contributed by atoms with Gasteiger partial charge in [-0.15, -0.1) is 0 Å². The minimum Gasteiger partial charge on any atom is -0.353 e. The summed E-state index contributed by atoms with van der Waals surface area (Å²) in [4.78, 5) is 16.9. The lowest BCUT2D eigenvalue weighted by Crippen LogP contribution is -2.08. The fourth-order valence-corrected chi connectivity index (χ4v) is 1.30. The summed E-state index contributed by atoms with van der Waals surface area (Å²) in [6.07, 6.45) is 3.06. The molecule has 0 aliphatic rings. The molecule has 1 aromatic carbocycles. The standard InChI is InChI=1S/C11H12N4O/c12-5-8-1-3-9(4-2-8)15-10-6-13-11(16)14-7-10/h1-4,6-7,15H,5,12H2,(H,13,14,16). The zero-order chi connectivity index (χ0) is 11.4. The summed E-state index contributed by atoms with van der Waals surface area (Å²) >= 11 is 0. The number of nitrogens with zero attached hydrogens (tertiary/aromatic N) is 1. The first-order valence-electron chi connectivity index (χ1n) is 4.89. The maximum atomic E-state index is 10.7. The zero-order valence-electron chi connectivity index (χ0n) is 8.60. The Bertz CT molecular complexity index is 498. The van der Waals surface area contributed by atoms with Gasteiger partial charge in [0.05, 0.1) is 11.9 Å². The fraction of sp³-hybridized carbons (Fsp3) is 0.0909. The Labute approximate surface area is 92.3 Å². The smallest absolute Gasteiger partial charge is 0.345 e. The van der Waals surface area contributed by atoms with Gasteiger partial charge >= 0.3 is 5.69 Å². The summed E-state index contributed by atoms with van der Waals surface area (Å²) < 4.78 is 0. The van der Waals surface area contributed by atoms with E-state index in [9.17, 15) is 4.79 Å².